The van der Waals surface area contributed by atoms with E-state index in [1.165, 1.54) is 33.2 Å². The minimum absolute atomic E-state index is 0. The van der Waals surface area contributed by atoms with Crippen molar-refractivity contribution in [2.24, 2.45) is 0 Å². The van der Waals surface area contributed by atoms with Crippen molar-refractivity contribution in [3.63, 3.8) is 0 Å². The third-order valence-electron chi connectivity index (χ3n) is 9.58. The summed E-state index contributed by atoms with van der Waals surface area (Å²) in [4.78, 5) is 9.73. The molecule has 5 aromatic carbocycles. The molecule has 0 bridgehead atoms. The van der Waals surface area contributed by atoms with Crippen molar-refractivity contribution in [2.75, 3.05) is 0 Å². The summed E-state index contributed by atoms with van der Waals surface area (Å²) in [6.45, 7) is 10.9. The Hall–Kier alpha value is -4.99. The number of para-hydroxylation sites is 2. The Labute approximate surface area is 309 Å². The Kier molecular flexibility index (Phi) is 8.97. The number of aryl methyl sites for hydroxylation is 2. The normalized spacial score (nSPS) is 11.5. The van der Waals surface area contributed by atoms with Gasteiger partial charge in [0.2, 0.25) is 0 Å². The minimum atomic E-state index is -0.0911. The topological polar surface area (TPSA) is 35.6 Å². The molecule has 8 aromatic rings. The van der Waals surface area contributed by atoms with Gasteiger partial charge in [-0.2, -0.15) is 29.1 Å². The van der Waals surface area contributed by atoms with E-state index in [1.807, 2.05) is 12.5 Å². The maximum Gasteiger partial charge on any atom is 2.00 e. The third-order valence-corrected chi connectivity index (χ3v) is 9.58. The molecule has 8 rings (SSSR count). The summed E-state index contributed by atoms with van der Waals surface area (Å²) in [5.41, 5.74) is 12.2. The van der Waals surface area contributed by atoms with Crippen molar-refractivity contribution in [3.05, 3.63) is 163 Å². The van der Waals surface area contributed by atoms with Gasteiger partial charge in [-0.05, 0) is 65.7 Å². The van der Waals surface area contributed by atoms with E-state index in [2.05, 4.69) is 177 Å². The SMILES string of the molecule is Cc1cccc(C)c1-n1cnc(-c2[c-]c(B(c3[c-]c4c(cc3)c3ccccc3n4-c3cc(C(C)(C)C)ccn3)c3ccccc3)ccc2)c1.[Pt+2]. The number of fused-ring (bicyclic) bond motifs is 3. The second-order valence-corrected chi connectivity index (χ2v) is 14.0. The molecule has 0 saturated heterocycles. The molecule has 0 fully saturated rings. The van der Waals surface area contributed by atoms with E-state index in [9.17, 15) is 0 Å². The second-order valence-electron chi connectivity index (χ2n) is 14.0. The van der Waals surface area contributed by atoms with E-state index < -0.39 is 0 Å². The summed E-state index contributed by atoms with van der Waals surface area (Å²) in [6.07, 6.45) is 5.94. The second kappa shape index (κ2) is 13.4. The number of hydrogen-bond acceptors (Lipinski definition) is 2. The summed E-state index contributed by atoms with van der Waals surface area (Å²) < 4.78 is 4.39. The van der Waals surface area contributed by atoms with E-state index >= 15 is 0 Å². The standard InChI is InChI=1S/C44H37BN4.Pt/c1-30-13-11-14-31(2)43(30)48-28-39(47-29-48)32-15-12-18-35(25-32)45(34-16-7-6-8-17-34)36-21-22-38-37-19-9-10-20-40(37)49(41(38)27-36)42-26-33(23-24-46-42)44(3,4)5;/h6-24,26,28-29H,1-5H3;/q-2;+2. The predicted octanol–water partition coefficient (Wildman–Crippen LogP) is 8.06. The van der Waals surface area contributed by atoms with E-state index in [0.29, 0.717) is 0 Å². The Morgan fingerprint density at radius 2 is 1.40 bits per heavy atom. The van der Waals surface area contributed by atoms with Gasteiger partial charge in [-0.15, -0.1) is 35.2 Å². The number of hydrogen-bond donors (Lipinski definition) is 0. The number of benzene rings is 5. The van der Waals surface area contributed by atoms with E-state index in [1.54, 1.807) is 0 Å². The maximum absolute atomic E-state index is 4.89. The van der Waals surface area contributed by atoms with Gasteiger partial charge in [0.15, 0.2) is 6.71 Å². The molecule has 0 spiro atoms. The predicted molar refractivity (Wildman–Crippen MR) is 205 cm³/mol. The van der Waals surface area contributed by atoms with Crippen LogP contribution in [0.1, 0.15) is 37.5 Å². The number of nitrogens with zero attached hydrogens (tertiary/aromatic N) is 4. The van der Waals surface area contributed by atoms with Gasteiger partial charge in [0.1, 0.15) is 5.82 Å². The van der Waals surface area contributed by atoms with Crippen LogP contribution < -0.4 is 16.4 Å². The van der Waals surface area contributed by atoms with Crippen LogP contribution in [-0.2, 0) is 26.5 Å². The Balaban J connectivity index is 0.00000392. The van der Waals surface area contributed by atoms with Gasteiger partial charge in [-0.3, -0.25) is 4.98 Å². The van der Waals surface area contributed by atoms with Crippen molar-refractivity contribution in [1.29, 1.82) is 0 Å². The first-order valence-electron chi connectivity index (χ1n) is 16.9. The van der Waals surface area contributed by atoms with Crippen molar-refractivity contribution < 1.29 is 21.1 Å². The molecule has 0 atom stereocenters. The van der Waals surface area contributed by atoms with Crippen LogP contribution in [0.25, 0.3) is 44.6 Å². The molecule has 0 aliphatic rings. The first kappa shape index (κ1) is 33.5. The van der Waals surface area contributed by atoms with Crippen molar-refractivity contribution in [1.82, 2.24) is 19.1 Å². The first-order valence-corrected chi connectivity index (χ1v) is 16.9. The summed E-state index contributed by atoms with van der Waals surface area (Å²) in [5.74, 6) is 0.899. The quantitative estimate of drug-likeness (QED) is 0.126. The third kappa shape index (κ3) is 6.05. The van der Waals surface area contributed by atoms with E-state index in [4.69, 9.17) is 9.97 Å². The molecular formula is C44H37BN4Pt. The molecule has 4 nitrogen and oxygen atoms in total. The van der Waals surface area contributed by atoms with Crippen LogP contribution in [0.2, 0.25) is 0 Å². The van der Waals surface area contributed by atoms with Crippen LogP contribution in [0.3, 0.4) is 0 Å². The summed E-state index contributed by atoms with van der Waals surface area (Å²) in [7, 11) is 0. The van der Waals surface area contributed by atoms with E-state index in [0.717, 1.165) is 44.4 Å². The minimum Gasteiger partial charge on any atom is -0.319 e. The van der Waals surface area contributed by atoms with Gasteiger partial charge in [0.05, 0.1) is 12.0 Å². The van der Waals surface area contributed by atoms with Gasteiger partial charge in [-0.25, -0.2) is 4.98 Å². The fraction of sp³-hybridized carbons (Fsp3) is 0.136. The number of imidazole rings is 1. The summed E-state index contributed by atoms with van der Waals surface area (Å²) in [6, 6.07) is 48.5. The van der Waals surface area contributed by atoms with Crippen LogP contribution in [0.4, 0.5) is 0 Å². The molecule has 0 amide bonds. The monoisotopic (exact) mass is 827 g/mol. The molecule has 6 heteroatoms. The van der Waals surface area contributed by atoms with Gasteiger partial charge < -0.3 is 9.13 Å². The molecule has 0 N–H and O–H groups in total. The molecule has 3 heterocycles. The Morgan fingerprint density at radius 1 is 0.680 bits per heavy atom. The molecular weight excluding hydrogens is 790 g/mol. The fourth-order valence-electron chi connectivity index (χ4n) is 7.10. The van der Waals surface area contributed by atoms with Gasteiger partial charge in [-0.1, -0.05) is 98.5 Å². The average Bonchev–Trinajstić information content (AvgIpc) is 3.72. The zero-order valence-electron chi connectivity index (χ0n) is 28.9. The molecule has 0 unspecified atom stereocenters. The maximum atomic E-state index is 4.89. The molecule has 0 aliphatic carbocycles. The van der Waals surface area contributed by atoms with Gasteiger partial charge >= 0.3 is 21.1 Å². The van der Waals surface area contributed by atoms with Crippen LogP contribution in [0.15, 0.2) is 134 Å². The van der Waals surface area contributed by atoms with Crippen LogP contribution in [-0.4, -0.2) is 25.8 Å². The summed E-state index contributed by atoms with van der Waals surface area (Å²) >= 11 is 0. The Morgan fingerprint density at radius 3 is 2.18 bits per heavy atom. The van der Waals surface area contributed by atoms with Crippen molar-refractivity contribution >= 4 is 44.9 Å². The Bertz CT molecular complexity index is 2450. The van der Waals surface area contributed by atoms with Gasteiger partial charge in [0, 0.05) is 17.4 Å². The van der Waals surface area contributed by atoms with Crippen LogP contribution >= 0.6 is 0 Å². The van der Waals surface area contributed by atoms with Gasteiger partial charge in [0.25, 0.3) is 0 Å². The van der Waals surface area contributed by atoms with Crippen molar-refractivity contribution in [3.8, 4) is 22.8 Å². The van der Waals surface area contributed by atoms with Crippen LogP contribution in [0, 0.1) is 26.0 Å². The molecule has 0 saturated carbocycles. The fourth-order valence-corrected chi connectivity index (χ4v) is 7.10. The van der Waals surface area contributed by atoms with Crippen LogP contribution in [0.5, 0.6) is 0 Å². The molecule has 0 radical (unpaired) electrons. The smallest absolute Gasteiger partial charge is 0.319 e. The first-order chi connectivity index (χ1) is 23.8. The molecule has 246 valence electrons. The summed E-state index contributed by atoms with van der Waals surface area (Å²) in [5, 5.41) is 2.34. The van der Waals surface area contributed by atoms with E-state index in [-0.39, 0.29) is 33.2 Å². The number of pyridine rings is 1. The van der Waals surface area contributed by atoms with Crippen molar-refractivity contribution in [2.45, 2.75) is 40.0 Å². The largest absolute Gasteiger partial charge is 2.00 e. The number of aromatic nitrogens is 4. The zero-order chi connectivity index (χ0) is 33.7. The molecule has 3 aromatic heterocycles. The average molecular weight is 828 g/mol. The zero-order valence-corrected chi connectivity index (χ0v) is 31.2. The molecule has 0 aliphatic heterocycles. The number of rotatable bonds is 6. The molecule has 50 heavy (non-hydrogen) atoms.